The molecule has 0 aliphatic carbocycles. The Labute approximate surface area is 175 Å². The Hall–Kier alpha value is -2.56. The van der Waals surface area contributed by atoms with E-state index >= 15 is 0 Å². The van der Waals surface area contributed by atoms with Crippen LogP contribution in [0.3, 0.4) is 0 Å². The van der Waals surface area contributed by atoms with Crippen LogP contribution in [0.5, 0.6) is 5.88 Å². The molecule has 1 fully saturated rings. The van der Waals surface area contributed by atoms with E-state index in [9.17, 15) is 17.6 Å². The number of methoxy groups -OCH3 is 1. The fourth-order valence-corrected chi connectivity index (χ4v) is 4.62. The molecule has 0 N–H and O–H groups in total. The number of carbonyl (C=O) groups is 1. The number of pyridine rings is 1. The Kier molecular flexibility index (Phi) is 7.35. The molecule has 0 spiro atoms. The maximum atomic E-state index is 13.1. The first-order valence-corrected chi connectivity index (χ1v) is 11.0. The molecule has 0 unspecified atom stereocenters. The molecule has 8 nitrogen and oxygen atoms in total. The van der Waals surface area contributed by atoms with E-state index in [2.05, 4.69) is 4.98 Å². The highest BCUT2D eigenvalue weighted by molar-refractivity contribution is 7.89. The van der Waals surface area contributed by atoms with Gasteiger partial charge in [-0.25, -0.2) is 17.8 Å². The van der Waals surface area contributed by atoms with Gasteiger partial charge in [0.05, 0.1) is 11.5 Å². The van der Waals surface area contributed by atoms with Crippen molar-refractivity contribution in [2.24, 2.45) is 0 Å². The van der Waals surface area contributed by atoms with Crippen LogP contribution in [0.4, 0.5) is 4.39 Å². The van der Waals surface area contributed by atoms with Gasteiger partial charge in [0.15, 0.2) is 0 Å². The lowest BCUT2D eigenvalue weighted by molar-refractivity contribution is 0.0755. The number of benzene rings is 1. The van der Waals surface area contributed by atoms with Gasteiger partial charge in [-0.05, 0) is 42.8 Å². The normalized spacial score (nSPS) is 15.6. The van der Waals surface area contributed by atoms with Crippen LogP contribution in [-0.4, -0.2) is 75.0 Å². The van der Waals surface area contributed by atoms with E-state index < -0.39 is 15.8 Å². The summed E-state index contributed by atoms with van der Waals surface area (Å²) in [5.41, 5.74) is 0.323. The van der Waals surface area contributed by atoms with E-state index in [0.29, 0.717) is 25.1 Å². The smallest absolute Gasteiger partial charge is 0.259 e. The highest BCUT2D eigenvalue weighted by atomic mass is 32.2. The van der Waals surface area contributed by atoms with Crippen molar-refractivity contribution in [2.75, 3.05) is 46.5 Å². The van der Waals surface area contributed by atoms with Crippen molar-refractivity contribution in [2.45, 2.75) is 11.3 Å². The summed E-state index contributed by atoms with van der Waals surface area (Å²) in [5.74, 6) is -0.544. The van der Waals surface area contributed by atoms with Crippen molar-refractivity contribution in [1.29, 1.82) is 0 Å². The van der Waals surface area contributed by atoms with Crippen LogP contribution >= 0.6 is 0 Å². The number of hydrogen-bond donors (Lipinski definition) is 0. The summed E-state index contributed by atoms with van der Waals surface area (Å²) in [6.45, 7) is 1.67. The lowest BCUT2D eigenvalue weighted by atomic mass is 10.2. The van der Waals surface area contributed by atoms with E-state index in [1.54, 1.807) is 30.3 Å². The second-order valence-corrected chi connectivity index (χ2v) is 8.64. The molecular formula is C20H24FN3O5S. The van der Waals surface area contributed by atoms with Gasteiger partial charge in [-0.2, -0.15) is 4.31 Å². The average molecular weight is 437 g/mol. The first-order chi connectivity index (χ1) is 14.4. The highest BCUT2D eigenvalue weighted by Crippen LogP contribution is 2.21. The van der Waals surface area contributed by atoms with Gasteiger partial charge in [-0.1, -0.05) is 0 Å². The van der Waals surface area contributed by atoms with Crippen molar-refractivity contribution in [3.8, 4) is 5.88 Å². The van der Waals surface area contributed by atoms with Gasteiger partial charge >= 0.3 is 0 Å². The number of sulfonamides is 1. The molecule has 30 heavy (non-hydrogen) atoms. The van der Waals surface area contributed by atoms with E-state index in [1.807, 2.05) is 0 Å². The zero-order valence-electron chi connectivity index (χ0n) is 16.7. The molecule has 1 amide bonds. The van der Waals surface area contributed by atoms with Crippen LogP contribution in [0.25, 0.3) is 0 Å². The third-order valence-electron chi connectivity index (χ3n) is 4.72. The van der Waals surface area contributed by atoms with Crippen LogP contribution in [0.15, 0.2) is 47.5 Å². The van der Waals surface area contributed by atoms with E-state index in [4.69, 9.17) is 9.47 Å². The van der Waals surface area contributed by atoms with Crippen LogP contribution in [0.2, 0.25) is 0 Å². The minimum atomic E-state index is -3.76. The summed E-state index contributed by atoms with van der Waals surface area (Å²) in [6, 6.07) is 8.02. The molecule has 2 aromatic rings. The minimum absolute atomic E-state index is 0.0322. The molecule has 1 saturated heterocycles. The minimum Gasteiger partial charge on any atom is -0.475 e. The number of hydrogen-bond acceptors (Lipinski definition) is 6. The number of halogens is 1. The molecule has 1 aromatic carbocycles. The molecular weight excluding hydrogens is 413 g/mol. The van der Waals surface area contributed by atoms with E-state index in [0.717, 1.165) is 12.1 Å². The van der Waals surface area contributed by atoms with Crippen LogP contribution in [0, 0.1) is 5.82 Å². The lowest BCUT2D eigenvalue weighted by Crippen LogP contribution is -2.37. The molecule has 162 valence electrons. The molecule has 1 aliphatic rings. The zero-order valence-corrected chi connectivity index (χ0v) is 17.5. The fraction of sp³-hybridized carbons (Fsp3) is 0.400. The Bertz CT molecular complexity index is 969. The van der Waals surface area contributed by atoms with Crippen molar-refractivity contribution >= 4 is 15.9 Å². The second-order valence-electron chi connectivity index (χ2n) is 6.70. The van der Waals surface area contributed by atoms with Gasteiger partial charge in [0.2, 0.25) is 15.9 Å². The van der Waals surface area contributed by atoms with Gasteiger partial charge in [0, 0.05) is 39.5 Å². The fourth-order valence-electron chi connectivity index (χ4n) is 3.15. The Balaban J connectivity index is 1.71. The van der Waals surface area contributed by atoms with Gasteiger partial charge in [0.1, 0.15) is 18.0 Å². The summed E-state index contributed by atoms with van der Waals surface area (Å²) in [6.07, 6.45) is 2.02. The zero-order chi connectivity index (χ0) is 21.6. The van der Waals surface area contributed by atoms with E-state index in [1.165, 1.54) is 16.4 Å². The molecule has 0 radical (unpaired) electrons. The number of amides is 1. The SMILES string of the molecule is COCCOc1ncccc1C(=O)N1CCCN(S(=O)(=O)c2ccc(F)cc2)CC1. The largest absolute Gasteiger partial charge is 0.475 e. The summed E-state index contributed by atoms with van der Waals surface area (Å²) in [7, 11) is -2.21. The van der Waals surface area contributed by atoms with E-state index in [-0.39, 0.29) is 42.9 Å². The van der Waals surface area contributed by atoms with Crippen molar-refractivity contribution in [1.82, 2.24) is 14.2 Å². The third-order valence-corrected chi connectivity index (χ3v) is 6.63. The quantitative estimate of drug-likeness (QED) is 0.614. The molecule has 0 atom stereocenters. The molecule has 1 aromatic heterocycles. The van der Waals surface area contributed by atoms with Gasteiger partial charge < -0.3 is 14.4 Å². The predicted octanol–water partition coefficient (Wildman–Crippen LogP) is 1.78. The molecule has 0 saturated carbocycles. The molecule has 0 bridgehead atoms. The number of carbonyl (C=O) groups excluding carboxylic acids is 1. The predicted molar refractivity (Wildman–Crippen MR) is 107 cm³/mol. The topological polar surface area (TPSA) is 89.0 Å². The maximum Gasteiger partial charge on any atom is 0.259 e. The second kappa shape index (κ2) is 9.96. The lowest BCUT2D eigenvalue weighted by Gasteiger charge is -2.22. The van der Waals surface area contributed by atoms with Gasteiger partial charge in [-0.15, -0.1) is 0 Å². The highest BCUT2D eigenvalue weighted by Gasteiger charge is 2.29. The first kappa shape index (κ1) is 22.1. The van der Waals surface area contributed by atoms with Crippen LogP contribution < -0.4 is 4.74 Å². The molecule has 2 heterocycles. The Morgan fingerprint density at radius 1 is 1.10 bits per heavy atom. The Morgan fingerprint density at radius 2 is 1.87 bits per heavy atom. The van der Waals surface area contributed by atoms with Crippen molar-refractivity contribution in [3.63, 3.8) is 0 Å². The summed E-state index contributed by atoms with van der Waals surface area (Å²) < 4.78 is 50.7. The number of ether oxygens (including phenoxy) is 2. The summed E-state index contributed by atoms with van der Waals surface area (Å²) >= 11 is 0. The Morgan fingerprint density at radius 3 is 2.60 bits per heavy atom. The molecule has 1 aliphatic heterocycles. The van der Waals surface area contributed by atoms with Gasteiger partial charge in [-0.3, -0.25) is 4.79 Å². The summed E-state index contributed by atoms with van der Waals surface area (Å²) in [5, 5.41) is 0. The first-order valence-electron chi connectivity index (χ1n) is 9.55. The maximum absolute atomic E-state index is 13.1. The van der Waals surface area contributed by atoms with Crippen molar-refractivity contribution in [3.05, 3.63) is 54.0 Å². The molecule has 3 rings (SSSR count). The molecule has 10 heteroatoms. The standard InChI is InChI=1S/C20H24FN3O5S/c1-28-14-15-29-19-18(4-2-9-22-19)20(25)23-10-3-11-24(13-12-23)30(26,27)17-7-5-16(21)6-8-17/h2,4-9H,3,10-15H2,1H3. The van der Waals surface area contributed by atoms with Crippen LogP contribution in [0.1, 0.15) is 16.8 Å². The van der Waals surface area contributed by atoms with Crippen LogP contribution in [-0.2, 0) is 14.8 Å². The van der Waals surface area contributed by atoms with Crippen molar-refractivity contribution < 1.29 is 27.1 Å². The summed E-state index contributed by atoms with van der Waals surface area (Å²) in [4.78, 5) is 18.8. The third kappa shape index (κ3) is 5.13. The van der Waals surface area contributed by atoms with Gasteiger partial charge in [0.25, 0.3) is 5.91 Å². The average Bonchev–Trinajstić information content (AvgIpc) is 3.01. The number of aromatic nitrogens is 1. The monoisotopic (exact) mass is 437 g/mol. The number of rotatable bonds is 7. The number of nitrogens with zero attached hydrogens (tertiary/aromatic N) is 3.